The maximum absolute atomic E-state index is 11.9. The lowest BCUT2D eigenvalue weighted by atomic mass is 10.1. The molecule has 3 N–H and O–H groups in total. The van der Waals surface area contributed by atoms with E-state index < -0.39 is 5.56 Å². The molecule has 1 heterocycles. The number of aromatic hydroxyl groups is 1. The van der Waals surface area contributed by atoms with E-state index in [0.29, 0.717) is 16.9 Å². The topological polar surface area (TPSA) is 93.6 Å². The summed E-state index contributed by atoms with van der Waals surface area (Å²) in [5.74, 6) is 0.0600. The third kappa shape index (κ3) is 2.67. The summed E-state index contributed by atoms with van der Waals surface area (Å²) in [5, 5.41) is 23.2. The minimum absolute atomic E-state index is 0.0600. The Labute approximate surface area is 126 Å². The molecule has 0 aliphatic heterocycles. The van der Waals surface area contributed by atoms with E-state index in [1.54, 1.807) is 30.3 Å². The van der Waals surface area contributed by atoms with Crippen molar-refractivity contribution in [1.82, 2.24) is 10.2 Å². The Kier molecular flexibility index (Phi) is 3.57. The zero-order valence-electron chi connectivity index (χ0n) is 11.9. The van der Waals surface area contributed by atoms with Crippen LogP contribution in [0.2, 0.25) is 0 Å². The van der Waals surface area contributed by atoms with Gasteiger partial charge in [0, 0.05) is 5.56 Å². The van der Waals surface area contributed by atoms with E-state index in [-0.39, 0.29) is 11.4 Å². The summed E-state index contributed by atoms with van der Waals surface area (Å²) in [6, 6.07) is 14.2. The van der Waals surface area contributed by atoms with E-state index in [1.807, 2.05) is 25.1 Å². The summed E-state index contributed by atoms with van der Waals surface area (Å²) < 4.78 is 0. The predicted octanol–water partition coefficient (Wildman–Crippen LogP) is 3.80. The first-order valence-electron chi connectivity index (χ1n) is 6.72. The number of H-pyrrole nitrogens is 2. The SMILES string of the molecule is Cc1cccc(N=Nc2c(-c3ccccc3O)[nH][nH]c2=O)c1. The van der Waals surface area contributed by atoms with Crippen molar-refractivity contribution in [2.75, 3.05) is 0 Å². The van der Waals surface area contributed by atoms with Crippen LogP contribution in [0, 0.1) is 6.92 Å². The predicted molar refractivity (Wildman–Crippen MR) is 83.9 cm³/mol. The fourth-order valence-corrected chi connectivity index (χ4v) is 2.12. The van der Waals surface area contributed by atoms with E-state index in [4.69, 9.17) is 0 Å². The maximum atomic E-state index is 11.9. The van der Waals surface area contributed by atoms with Crippen LogP contribution in [0.3, 0.4) is 0 Å². The van der Waals surface area contributed by atoms with Crippen LogP contribution < -0.4 is 5.56 Å². The molecule has 6 heteroatoms. The highest BCUT2D eigenvalue weighted by molar-refractivity contribution is 5.75. The van der Waals surface area contributed by atoms with Crippen LogP contribution in [0.25, 0.3) is 11.3 Å². The van der Waals surface area contributed by atoms with Crippen LogP contribution in [0.5, 0.6) is 5.75 Å². The van der Waals surface area contributed by atoms with Crippen molar-refractivity contribution < 1.29 is 5.11 Å². The molecule has 3 rings (SSSR count). The van der Waals surface area contributed by atoms with Gasteiger partial charge in [0.05, 0.1) is 11.4 Å². The second kappa shape index (κ2) is 5.69. The van der Waals surface area contributed by atoms with Crippen molar-refractivity contribution in [3.05, 3.63) is 64.4 Å². The Morgan fingerprint density at radius 2 is 1.82 bits per heavy atom. The largest absolute Gasteiger partial charge is 0.507 e. The molecule has 0 atom stereocenters. The third-order valence-electron chi connectivity index (χ3n) is 3.19. The number of aromatic nitrogens is 2. The standard InChI is InChI=1S/C16H14N4O2/c1-10-5-4-6-11(9-10)17-19-15-14(18-20-16(15)22)12-7-2-3-8-13(12)21/h2-9,21H,1H3,(H2,18,20,22). The van der Waals surface area contributed by atoms with Crippen LogP contribution in [-0.2, 0) is 0 Å². The summed E-state index contributed by atoms with van der Waals surface area (Å²) in [6.07, 6.45) is 0. The molecule has 0 saturated heterocycles. The summed E-state index contributed by atoms with van der Waals surface area (Å²) >= 11 is 0. The van der Waals surface area contributed by atoms with Gasteiger partial charge in [0.15, 0.2) is 5.69 Å². The number of para-hydroxylation sites is 1. The fraction of sp³-hybridized carbons (Fsp3) is 0.0625. The summed E-state index contributed by atoms with van der Waals surface area (Å²) in [5.41, 5.74) is 2.33. The number of nitrogens with one attached hydrogen (secondary N) is 2. The molecule has 1 aromatic heterocycles. The smallest absolute Gasteiger partial charge is 0.292 e. The number of azo groups is 1. The molecule has 0 aliphatic rings. The highest BCUT2D eigenvalue weighted by Crippen LogP contribution is 2.32. The van der Waals surface area contributed by atoms with Gasteiger partial charge in [-0.3, -0.25) is 15.0 Å². The molecule has 0 spiro atoms. The highest BCUT2D eigenvalue weighted by Gasteiger charge is 2.14. The summed E-state index contributed by atoms with van der Waals surface area (Å²) in [7, 11) is 0. The highest BCUT2D eigenvalue weighted by atomic mass is 16.3. The van der Waals surface area contributed by atoms with E-state index in [2.05, 4.69) is 20.4 Å². The van der Waals surface area contributed by atoms with Gasteiger partial charge in [-0.15, -0.1) is 5.11 Å². The first-order valence-corrected chi connectivity index (χ1v) is 6.72. The molecule has 110 valence electrons. The molecule has 22 heavy (non-hydrogen) atoms. The van der Waals surface area contributed by atoms with E-state index in [0.717, 1.165) is 5.56 Å². The Morgan fingerprint density at radius 1 is 1.00 bits per heavy atom. The Hall–Kier alpha value is -3.15. The molecular weight excluding hydrogens is 280 g/mol. The Balaban J connectivity index is 2.04. The number of aryl methyl sites for hydroxylation is 1. The maximum Gasteiger partial charge on any atom is 0.292 e. The molecule has 0 bridgehead atoms. The van der Waals surface area contributed by atoms with Crippen molar-refractivity contribution >= 4 is 11.4 Å². The third-order valence-corrected chi connectivity index (χ3v) is 3.19. The molecule has 0 saturated carbocycles. The number of phenolic OH excluding ortho intramolecular Hbond substituents is 1. The average Bonchev–Trinajstić information content (AvgIpc) is 2.87. The number of rotatable bonds is 3. The minimum Gasteiger partial charge on any atom is -0.507 e. The van der Waals surface area contributed by atoms with Gasteiger partial charge in [-0.2, -0.15) is 5.11 Å². The van der Waals surface area contributed by atoms with Gasteiger partial charge in [0.25, 0.3) is 5.56 Å². The summed E-state index contributed by atoms with van der Waals surface area (Å²) in [4.78, 5) is 11.9. The van der Waals surface area contributed by atoms with Crippen LogP contribution in [0.15, 0.2) is 63.6 Å². The molecule has 6 nitrogen and oxygen atoms in total. The second-order valence-electron chi connectivity index (χ2n) is 4.86. The van der Waals surface area contributed by atoms with Gasteiger partial charge < -0.3 is 5.11 Å². The van der Waals surface area contributed by atoms with Gasteiger partial charge in [-0.1, -0.05) is 24.3 Å². The lowest BCUT2D eigenvalue weighted by molar-refractivity contribution is 0.477. The number of aromatic amines is 2. The molecule has 3 aromatic rings. The Bertz CT molecular complexity index is 893. The van der Waals surface area contributed by atoms with Crippen LogP contribution in [-0.4, -0.2) is 15.3 Å². The van der Waals surface area contributed by atoms with Crippen molar-refractivity contribution in [1.29, 1.82) is 0 Å². The normalized spacial score (nSPS) is 11.1. The fourth-order valence-electron chi connectivity index (χ4n) is 2.12. The molecule has 0 amide bonds. The molecule has 0 radical (unpaired) electrons. The molecule has 0 fully saturated rings. The lowest BCUT2D eigenvalue weighted by Crippen LogP contribution is -1.96. The van der Waals surface area contributed by atoms with Gasteiger partial charge in [-0.25, -0.2) is 0 Å². The van der Waals surface area contributed by atoms with E-state index in [1.165, 1.54) is 0 Å². The molecule has 0 aliphatic carbocycles. The zero-order valence-corrected chi connectivity index (χ0v) is 11.9. The molecule has 0 unspecified atom stereocenters. The van der Waals surface area contributed by atoms with Gasteiger partial charge in [0.2, 0.25) is 0 Å². The average molecular weight is 294 g/mol. The zero-order chi connectivity index (χ0) is 15.5. The van der Waals surface area contributed by atoms with Gasteiger partial charge in [0.1, 0.15) is 5.75 Å². The number of hydrogen-bond donors (Lipinski definition) is 3. The number of nitrogens with zero attached hydrogens (tertiary/aromatic N) is 2. The molecule has 2 aromatic carbocycles. The molecular formula is C16H14N4O2. The lowest BCUT2D eigenvalue weighted by Gasteiger charge is -2.01. The van der Waals surface area contributed by atoms with E-state index in [9.17, 15) is 9.90 Å². The monoisotopic (exact) mass is 294 g/mol. The second-order valence-corrected chi connectivity index (χ2v) is 4.86. The van der Waals surface area contributed by atoms with Gasteiger partial charge in [-0.05, 0) is 36.8 Å². The number of hydrogen-bond acceptors (Lipinski definition) is 4. The first-order chi connectivity index (χ1) is 10.6. The first kappa shape index (κ1) is 13.8. The van der Waals surface area contributed by atoms with Crippen molar-refractivity contribution in [3.63, 3.8) is 0 Å². The van der Waals surface area contributed by atoms with Crippen LogP contribution >= 0.6 is 0 Å². The summed E-state index contributed by atoms with van der Waals surface area (Å²) in [6.45, 7) is 1.95. The van der Waals surface area contributed by atoms with Crippen LogP contribution in [0.1, 0.15) is 5.56 Å². The van der Waals surface area contributed by atoms with Crippen LogP contribution in [0.4, 0.5) is 11.4 Å². The van der Waals surface area contributed by atoms with Gasteiger partial charge >= 0.3 is 0 Å². The van der Waals surface area contributed by atoms with Crippen molar-refractivity contribution in [3.8, 4) is 17.0 Å². The van der Waals surface area contributed by atoms with Crippen molar-refractivity contribution in [2.45, 2.75) is 6.92 Å². The van der Waals surface area contributed by atoms with E-state index >= 15 is 0 Å². The number of benzene rings is 2. The number of phenols is 1. The Morgan fingerprint density at radius 3 is 2.59 bits per heavy atom. The minimum atomic E-state index is -0.394. The van der Waals surface area contributed by atoms with Crippen molar-refractivity contribution in [2.24, 2.45) is 10.2 Å². The quantitative estimate of drug-likeness (QED) is 0.641.